The third-order valence-corrected chi connectivity index (χ3v) is 5.52. The van der Waals surface area contributed by atoms with Crippen molar-refractivity contribution in [2.75, 3.05) is 19.4 Å². The number of rotatable bonds is 6. The number of hydrogen-bond acceptors (Lipinski definition) is 4. The Morgan fingerprint density at radius 1 is 1.38 bits per heavy atom. The van der Waals surface area contributed by atoms with Crippen LogP contribution in [-0.4, -0.2) is 43.9 Å². The van der Waals surface area contributed by atoms with Crippen molar-refractivity contribution in [1.29, 1.82) is 0 Å². The van der Waals surface area contributed by atoms with Crippen molar-refractivity contribution >= 4 is 21.7 Å². The molecule has 116 valence electrons. The van der Waals surface area contributed by atoms with Gasteiger partial charge in [-0.1, -0.05) is 0 Å². The van der Waals surface area contributed by atoms with E-state index in [1.165, 1.54) is 32.3 Å². The molecule has 1 aromatic rings. The summed E-state index contributed by atoms with van der Waals surface area (Å²) in [6.45, 7) is 2.01. The Bertz CT molecular complexity index is 651. The van der Waals surface area contributed by atoms with E-state index in [1.54, 1.807) is 0 Å². The number of aromatic carboxylic acids is 1. The first-order valence-electron chi connectivity index (χ1n) is 6.80. The van der Waals surface area contributed by atoms with Crippen LogP contribution in [0.4, 0.5) is 5.69 Å². The summed E-state index contributed by atoms with van der Waals surface area (Å²) < 4.78 is 25.2. The Kier molecular flexibility index (Phi) is 4.25. The van der Waals surface area contributed by atoms with Crippen molar-refractivity contribution in [3.05, 3.63) is 23.8 Å². The molecule has 0 heterocycles. The number of hydrogen-bond donors (Lipinski definition) is 2. The molecule has 1 fully saturated rings. The quantitative estimate of drug-likeness (QED) is 0.837. The van der Waals surface area contributed by atoms with Gasteiger partial charge in [0.25, 0.3) is 0 Å². The molecule has 0 aromatic heterocycles. The third kappa shape index (κ3) is 3.36. The molecule has 1 aliphatic carbocycles. The Hall–Kier alpha value is -1.60. The van der Waals surface area contributed by atoms with Crippen molar-refractivity contribution < 1.29 is 18.3 Å². The van der Waals surface area contributed by atoms with E-state index in [1.807, 2.05) is 6.92 Å². The average Bonchev–Trinajstić information content (AvgIpc) is 3.22. The Morgan fingerprint density at radius 3 is 2.48 bits per heavy atom. The van der Waals surface area contributed by atoms with Crippen LogP contribution in [0, 0.1) is 5.92 Å². The van der Waals surface area contributed by atoms with Crippen LogP contribution in [0.25, 0.3) is 0 Å². The van der Waals surface area contributed by atoms with Crippen LogP contribution in [0.1, 0.15) is 30.1 Å². The molecule has 1 aromatic carbocycles. The zero-order valence-electron chi connectivity index (χ0n) is 12.3. The number of benzene rings is 1. The first-order valence-corrected chi connectivity index (χ1v) is 8.24. The molecular weight excluding hydrogens is 292 g/mol. The fourth-order valence-corrected chi connectivity index (χ4v) is 3.09. The van der Waals surface area contributed by atoms with Crippen LogP contribution >= 0.6 is 0 Å². The summed E-state index contributed by atoms with van der Waals surface area (Å²) >= 11 is 0. The highest BCUT2D eigenvalue weighted by molar-refractivity contribution is 7.89. The predicted octanol–water partition coefficient (Wildman–Crippen LogP) is 1.85. The van der Waals surface area contributed by atoms with Gasteiger partial charge in [0.15, 0.2) is 0 Å². The summed E-state index contributed by atoms with van der Waals surface area (Å²) in [6, 6.07) is 4.35. The summed E-state index contributed by atoms with van der Waals surface area (Å²) in [5.74, 6) is -0.576. The number of anilines is 1. The minimum atomic E-state index is -3.64. The van der Waals surface area contributed by atoms with Gasteiger partial charge in [-0.15, -0.1) is 0 Å². The fourth-order valence-electron chi connectivity index (χ4n) is 2.16. The zero-order valence-corrected chi connectivity index (χ0v) is 13.1. The van der Waals surface area contributed by atoms with Crippen molar-refractivity contribution in [3.63, 3.8) is 0 Å². The second-order valence-corrected chi connectivity index (χ2v) is 7.72. The van der Waals surface area contributed by atoms with Crippen LogP contribution in [0.3, 0.4) is 0 Å². The second kappa shape index (κ2) is 5.65. The molecule has 1 aliphatic rings. The topological polar surface area (TPSA) is 86.7 Å². The molecule has 21 heavy (non-hydrogen) atoms. The van der Waals surface area contributed by atoms with Gasteiger partial charge in [0.05, 0.1) is 10.5 Å². The molecule has 7 heteroatoms. The summed E-state index contributed by atoms with van der Waals surface area (Å²) in [6.07, 6.45) is 2.29. The molecule has 0 aliphatic heterocycles. The third-order valence-electron chi connectivity index (χ3n) is 3.71. The molecule has 2 N–H and O–H groups in total. The van der Waals surface area contributed by atoms with Crippen LogP contribution in [0.5, 0.6) is 0 Å². The highest BCUT2D eigenvalue weighted by Crippen LogP contribution is 2.34. The number of nitrogens with one attached hydrogen (secondary N) is 1. The van der Waals surface area contributed by atoms with Gasteiger partial charge in [0.2, 0.25) is 10.0 Å². The van der Waals surface area contributed by atoms with Crippen molar-refractivity contribution in [1.82, 2.24) is 4.31 Å². The summed E-state index contributed by atoms with van der Waals surface area (Å²) in [4.78, 5) is 11.4. The van der Waals surface area contributed by atoms with Crippen molar-refractivity contribution in [2.24, 2.45) is 5.92 Å². The summed E-state index contributed by atoms with van der Waals surface area (Å²) in [5, 5.41) is 12.5. The molecule has 0 radical (unpaired) electrons. The fraction of sp³-hybridized carbons (Fsp3) is 0.500. The molecule has 0 saturated heterocycles. The minimum Gasteiger partial charge on any atom is -0.478 e. The van der Waals surface area contributed by atoms with Crippen molar-refractivity contribution in [3.8, 4) is 0 Å². The van der Waals surface area contributed by atoms with Gasteiger partial charge in [-0.3, -0.25) is 0 Å². The van der Waals surface area contributed by atoms with Gasteiger partial charge >= 0.3 is 5.97 Å². The zero-order chi connectivity index (χ0) is 15.8. The number of nitrogens with zero attached hydrogens (tertiary/aromatic N) is 1. The SMILES string of the molecule is CC(Nc1ccc(S(=O)(=O)N(C)C)cc1C(=O)O)C1CC1. The minimum absolute atomic E-state index is 0.0190. The first-order chi connectivity index (χ1) is 9.73. The molecule has 1 atom stereocenters. The van der Waals surface area contributed by atoms with Crippen LogP contribution in [-0.2, 0) is 10.0 Å². The van der Waals surface area contributed by atoms with Gasteiger partial charge in [-0.2, -0.15) is 0 Å². The van der Waals surface area contributed by atoms with E-state index in [-0.39, 0.29) is 16.5 Å². The van der Waals surface area contributed by atoms with Gasteiger partial charge in [0, 0.05) is 25.8 Å². The number of carbonyl (C=O) groups is 1. The molecule has 1 unspecified atom stereocenters. The van der Waals surface area contributed by atoms with Gasteiger partial charge < -0.3 is 10.4 Å². The Morgan fingerprint density at radius 2 is 2.00 bits per heavy atom. The van der Waals surface area contributed by atoms with E-state index < -0.39 is 16.0 Å². The van der Waals surface area contributed by atoms with E-state index in [0.717, 1.165) is 17.1 Å². The molecule has 1 saturated carbocycles. The van der Waals surface area contributed by atoms with E-state index in [2.05, 4.69) is 5.32 Å². The normalized spacial score (nSPS) is 16.8. The number of carboxylic acid groups (broad SMARTS) is 1. The maximum Gasteiger partial charge on any atom is 0.337 e. The lowest BCUT2D eigenvalue weighted by Crippen LogP contribution is -2.23. The Balaban J connectivity index is 2.37. The van der Waals surface area contributed by atoms with E-state index >= 15 is 0 Å². The second-order valence-electron chi connectivity index (χ2n) is 5.57. The van der Waals surface area contributed by atoms with E-state index in [4.69, 9.17) is 0 Å². The molecule has 0 spiro atoms. The monoisotopic (exact) mass is 312 g/mol. The Labute approximate surface area is 124 Å². The standard InChI is InChI=1S/C14H20N2O4S/c1-9(10-4-5-10)15-13-7-6-11(8-12(13)14(17)18)21(19,20)16(2)3/h6-10,15H,4-5H2,1-3H3,(H,17,18). The lowest BCUT2D eigenvalue weighted by molar-refractivity contribution is 0.0697. The van der Waals surface area contributed by atoms with E-state index in [0.29, 0.717) is 11.6 Å². The smallest absolute Gasteiger partial charge is 0.337 e. The lowest BCUT2D eigenvalue weighted by atomic mass is 10.1. The molecular formula is C14H20N2O4S. The molecule has 2 rings (SSSR count). The van der Waals surface area contributed by atoms with Gasteiger partial charge in [0.1, 0.15) is 0 Å². The number of carboxylic acids is 1. The average molecular weight is 312 g/mol. The molecule has 6 nitrogen and oxygen atoms in total. The van der Waals surface area contributed by atoms with Crippen LogP contribution in [0.2, 0.25) is 0 Å². The first kappa shape index (κ1) is 15.8. The summed E-state index contributed by atoms with van der Waals surface area (Å²) in [5.41, 5.74) is 0.435. The lowest BCUT2D eigenvalue weighted by Gasteiger charge is -2.18. The van der Waals surface area contributed by atoms with Crippen molar-refractivity contribution in [2.45, 2.75) is 30.7 Å². The van der Waals surface area contributed by atoms with Gasteiger partial charge in [-0.05, 0) is 43.9 Å². The maximum atomic E-state index is 12.1. The highest BCUT2D eigenvalue weighted by atomic mass is 32.2. The van der Waals surface area contributed by atoms with Gasteiger partial charge in [-0.25, -0.2) is 17.5 Å². The highest BCUT2D eigenvalue weighted by Gasteiger charge is 2.29. The molecule has 0 amide bonds. The van der Waals surface area contributed by atoms with E-state index in [9.17, 15) is 18.3 Å². The number of sulfonamides is 1. The molecule has 0 bridgehead atoms. The summed E-state index contributed by atoms with van der Waals surface area (Å²) in [7, 11) is -0.812. The largest absolute Gasteiger partial charge is 0.478 e. The van der Waals surface area contributed by atoms with Crippen LogP contribution < -0.4 is 5.32 Å². The maximum absolute atomic E-state index is 12.1. The van der Waals surface area contributed by atoms with Crippen LogP contribution in [0.15, 0.2) is 23.1 Å². The predicted molar refractivity (Wildman–Crippen MR) is 80.1 cm³/mol.